The number of aryl methyl sites for hydroxylation is 2. The molecule has 0 amide bonds. The summed E-state index contributed by atoms with van der Waals surface area (Å²) < 4.78 is 37.8. The summed E-state index contributed by atoms with van der Waals surface area (Å²) in [6.45, 7) is 3.57. The van der Waals surface area contributed by atoms with Crippen LogP contribution in [0, 0.1) is 11.3 Å². The Hall–Kier alpha value is -1.57. The molecule has 0 unspecified atom stereocenters. The van der Waals surface area contributed by atoms with Gasteiger partial charge in [-0.25, -0.2) is 4.98 Å². The van der Waals surface area contributed by atoms with E-state index in [1.807, 2.05) is 0 Å². The van der Waals surface area contributed by atoms with E-state index in [-0.39, 0.29) is 0 Å². The maximum Gasteiger partial charge on any atom is 0.419 e. The largest absolute Gasteiger partial charge is 0.419 e. The summed E-state index contributed by atoms with van der Waals surface area (Å²) in [5.74, 6) is 0. The number of alkyl halides is 3. The lowest BCUT2D eigenvalue weighted by atomic mass is 10.0. The topological polar surface area (TPSA) is 36.7 Å². The summed E-state index contributed by atoms with van der Waals surface area (Å²) in [5, 5.41) is 8.65. The summed E-state index contributed by atoms with van der Waals surface area (Å²) in [6.07, 6.45) is -3.52. The molecule has 0 aromatic carbocycles. The molecule has 1 rings (SSSR count). The van der Waals surface area contributed by atoms with Crippen LogP contribution in [0.5, 0.6) is 0 Å². The number of hydrogen-bond donors (Lipinski definition) is 0. The Labute approximate surface area is 91.7 Å². The first kappa shape index (κ1) is 12.5. The molecular weight excluding hydrogens is 217 g/mol. The predicted molar refractivity (Wildman–Crippen MR) is 52.7 cm³/mol. The molecule has 0 aliphatic rings. The van der Waals surface area contributed by atoms with Gasteiger partial charge in [0.1, 0.15) is 6.07 Å². The van der Waals surface area contributed by atoms with Crippen molar-refractivity contribution in [2.45, 2.75) is 32.9 Å². The number of nitrogens with zero attached hydrogens (tertiary/aromatic N) is 2. The lowest BCUT2D eigenvalue weighted by Gasteiger charge is -2.12. The van der Waals surface area contributed by atoms with Gasteiger partial charge in [-0.2, -0.15) is 18.4 Å². The van der Waals surface area contributed by atoms with Crippen molar-refractivity contribution in [1.82, 2.24) is 4.98 Å². The summed E-state index contributed by atoms with van der Waals surface area (Å²) >= 11 is 0. The Kier molecular flexibility index (Phi) is 3.53. The van der Waals surface area contributed by atoms with Crippen LogP contribution < -0.4 is 0 Å². The maximum absolute atomic E-state index is 12.6. The molecule has 0 fully saturated rings. The fourth-order valence-corrected chi connectivity index (χ4v) is 1.51. The average molecular weight is 228 g/mol. The first-order valence-corrected chi connectivity index (χ1v) is 4.94. The molecule has 0 saturated heterocycles. The highest BCUT2D eigenvalue weighted by Gasteiger charge is 2.35. The Morgan fingerprint density at radius 1 is 1.31 bits per heavy atom. The molecule has 1 aromatic rings. The Bertz CT molecular complexity index is 430. The standard InChI is InChI=1S/C11H11F3N2/c1-3-7-5-8(11(12,13)14)10(6-15)16-9(7)4-2/h5H,3-4H2,1-2H3. The second-order valence-electron chi connectivity index (χ2n) is 3.31. The van der Waals surface area contributed by atoms with Crippen molar-refractivity contribution < 1.29 is 13.2 Å². The Morgan fingerprint density at radius 2 is 1.94 bits per heavy atom. The van der Waals surface area contributed by atoms with E-state index in [9.17, 15) is 13.2 Å². The second kappa shape index (κ2) is 4.52. The molecular formula is C11H11F3N2. The van der Waals surface area contributed by atoms with Crippen molar-refractivity contribution in [3.63, 3.8) is 0 Å². The van der Waals surface area contributed by atoms with E-state index in [1.165, 1.54) is 6.07 Å². The van der Waals surface area contributed by atoms with Crippen LogP contribution in [0.1, 0.15) is 36.4 Å². The number of hydrogen-bond acceptors (Lipinski definition) is 2. The van der Waals surface area contributed by atoms with Crippen LogP contribution in [0.4, 0.5) is 13.2 Å². The lowest BCUT2D eigenvalue weighted by molar-refractivity contribution is -0.138. The van der Waals surface area contributed by atoms with Crippen LogP contribution in [-0.4, -0.2) is 4.98 Å². The van der Waals surface area contributed by atoms with Crippen molar-refractivity contribution in [2.24, 2.45) is 0 Å². The molecule has 0 aliphatic heterocycles. The van der Waals surface area contributed by atoms with E-state index in [0.29, 0.717) is 24.1 Å². The first-order chi connectivity index (χ1) is 7.43. The minimum Gasteiger partial charge on any atom is -0.241 e. The molecule has 2 nitrogen and oxygen atoms in total. The highest BCUT2D eigenvalue weighted by molar-refractivity contribution is 5.39. The zero-order chi connectivity index (χ0) is 12.3. The number of halogens is 3. The van der Waals surface area contributed by atoms with E-state index in [0.717, 1.165) is 6.07 Å². The van der Waals surface area contributed by atoms with Gasteiger partial charge in [0.05, 0.1) is 5.56 Å². The molecule has 0 radical (unpaired) electrons. The zero-order valence-corrected chi connectivity index (χ0v) is 9.02. The van der Waals surface area contributed by atoms with E-state index in [4.69, 9.17) is 5.26 Å². The molecule has 0 atom stereocenters. The summed E-state index contributed by atoms with van der Waals surface area (Å²) in [5.41, 5.74) is -0.369. The number of nitriles is 1. The van der Waals surface area contributed by atoms with Gasteiger partial charge in [0.15, 0.2) is 5.69 Å². The van der Waals surface area contributed by atoms with Gasteiger partial charge in [-0.15, -0.1) is 0 Å². The van der Waals surface area contributed by atoms with Crippen LogP contribution in [-0.2, 0) is 19.0 Å². The van der Waals surface area contributed by atoms with Gasteiger partial charge in [-0.3, -0.25) is 0 Å². The molecule has 86 valence electrons. The summed E-state index contributed by atoms with van der Waals surface area (Å²) in [6, 6.07) is 2.53. The lowest BCUT2D eigenvalue weighted by Crippen LogP contribution is -2.12. The van der Waals surface area contributed by atoms with Crippen molar-refractivity contribution in [1.29, 1.82) is 5.26 Å². The summed E-state index contributed by atoms with van der Waals surface area (Å²) in [4.78, 5) is 3.77. The van der Waals surface area contributed by atoms with E-state index < -0.39 is 17.4 Å². The van der Waals surface area contributed by atoms with Crippen LogP contribution in [0.15, 0.2) is 6.07 Å². The van der Waals surface area contributed by atoms with E-state index >= 15 is 0 Å². The monoisotopic (exact) mass is 228 g/mol. The van der Waals surface area contributed by atoms with Crippen molar-refractivity contribution >= 4 is 0 Å². The third-order valence-electron chi connectivity index (χ3n) is 2.32. The maximum atomic E-state index is 12.6. The zero-order valence-electron chi connectivity index (χ0n) is 9.02. The average Bonchev–Trinajstić information content (AvgIpc) is 2.25. The van der Waals surface area contributed by atoms with Crippen molar-refractivity contribution in [3.8, 4) is 6.07 Å². The third kappa shape index (κ3) is 2.32. The fourth-order valence-electron chi connectivity index (χ4n) is 1.51. The third-order valence-corrected chi connectivity index (χ3v) is 2.32. The molecule has 5 heteroatoms. The molecule has 1 heterocycles. The normalized spacial score (nSPS) is 11.2. The van der Waals surface area contributed by atoms with Gasteiger partial charge < -0.3 is 0 Å². The number of pyridine rings is 1. The van der Waals surface area contributed by atoms with Gasteiger partial charge in [0, 0.05) is 5.69 Å². The minimum absolute atomic E-state index is 0.477. The molecule has 0 aliphatic carbocycles. The van der Waals surface area contributed by atoms with E-state index in [2.05, 4.69) is 4.98 Å². The number of aromatic nitrogens is 1. The highest BCUT2D eigenvalue weighted by atomic mass is 19.4. The first-order valence-electron chi connectivity index (χ1n) is 4.94. The van der Waals surface area contributed by atoms with Gasteiger partial charge in [0.2, 0.25) is 0 Å². The molecule has 0 saturated carbocycles. The SMILES string of the molecule is CCc1cc(C(F)(F)F)c(C#N)nc1CC. The Morgan fingerprint density at radius 3 is 2.31 bits per heavy atom. The van der Waals surface area contributed by atoms with Gasteiger partial charge in [-0.05, 0) is 24.5 Å². The number of rotatable bonds is 2. The summed E-state index contributed by atoms with van der Waals surface area (Å²) in [7, 11) is 0. The molecule has 0 N–H and O–H groups in total. The van der Waals surface area contributed by atoms with Crippen LogP contribution in [0.2, 0.25) is 0 Å². The highest BCUT2D eigenvalue weighted by Crippen LogP contribution is 2.32. The minimum atomic E-state index is -4.52. The van der Waals surface area contributed by atoms with Crippen molar-refractivity contribution in [2.75, 3.05) is 0 Å². The predicted octanol–water partition coefficient (Wildman–Crippen LogP) is 3.10. The molecule has 0 spiro atoms. The quantitative estimate of drug-likeness (QED) is 0.779. The fraction of sp³-hybridized carbons (Fsp3) is 0.455. The molecule has 16 heavy (non-hydrogen) atoms. The van der Waals surface area contributed by atoms with Gasteiger partial charge in [0.25, 0.3) is 0 Å². The Balaban J connectivity index is 3.45. The van der Waals surface area contributed by atoms with E-state index in [1.54, 1.807) is 13.8 Å². The van der Waals surface area contributed by atoms with Crippen molar-refractivity contribution in [3.05, 3.63) is 28.6 Å². The van der Waals surface area contributed by atoms with Crippen LogP contribution >= 0.6 is 0 Å². The molecule has 0 bridgehead atoms. The van der Waals surface area contributed by atoms with Crippen LogP contribution in [0.3, 0.4) is 0 Å². The van der Waals surface area contributed by atoms with Gasteiger partial charge in [-0.1, -0.05) is 13.8 Å². The van der Waals surface area contributed by atoms with Crippen LogP contribution in [0.25, 0.3) is 0 Å². The smallest absolute Gasteiger partial charge is 0.241 e. The van der Waals surface area contributed by atoms with Gasteiger partial charge >= 0.3 is 6.18 Å². The second-order valence-corrected chi connectivity index (χ2v) is 3.31. The molecule has 1 aromatic heterocycles.